The lowest BCUT2D eigenvalue weighted by atomic mass is 9.92. The number of carbonyl (C=O) groups is 1. The fraction of sp³-hybridized carbons (Fsp3) is 0.647. The van der Waals surface area contributed by atoms with Gasteiger partial charge in [0, 0.05) is 36.9 Å². The van der Waals surface area contributed by atoms with E-state index in [4.69, 9.17) is 5.73 Å². The second-order valence-corrected chi connectivity index (χ2v) is 7.23. The van der Waals surface area contributed by atoms with Gasteiger partial charge in [-0.3, -0.25) is 9.89 Å². The summed E-state index contributed by atoms with van der Waals surface area (Å²) >= 11 is 0. The molecular formula is C17H25N7O. The number of piperidine rings is 1. The second kappa shape index (κ2) is 6.95. The molecule has 0 aromatic carbocycles. The summed E-state index contributed by atoms with van der Waals surface area (Å²) in [5.41, 5.74) is 7.57. The molecule has 0 spiro atoms. The van der Waals surface area contributed by atoms with Crippen LogP contribution in [0.2, 0.25) is 0 Å². The van der Waals surface area contributed by atoms with Crippen LogP contribution in [0.15, 0.2) is 18.5 Å². The number of hydrogen-bond acceptors (Lipinski definition) is 5. The van der Waals surface area contributed by atoms with E-state index in [1.54, 1.807) is 6.20 Å². The third kappa shape index (κ3) is 3.44. The quantitative estimate of drug-likeness (QED) is 0.878. The van der Waals surface area contributed by atoms with Gasteiger partial charge >= 0.3 is 0 Å². The van der Waals surface area contributed by atoms with E-state index in [-0.39, 0.29) is 5.91 Å². The van der Waals surface area contributed by atoms with Gasteiger partial charge in [0.2, 0.25) is 0 Å². The topological polar surface area (TPSA) is 106 Å². The molecule has 0 radical (unpaired) electrons. The van der Waals surface area contributed by atoms with Gasteiger partial charge in [-0.25, -0.2) is 4.68 Å². The molecule has 2 aliphatic rings. The van der Waals surface area contributed by atoms with Gasteiger partial charge in [-0.05, 0) is 44.6 Å². The van der Waals surface area contributed by atoms with Crippen LogP contribution in [-0.2, 0) is 0 Å². The minimum Gasteiger partial charge on any atom is -0.337 e. The number of aromatic amines is 1. The van der Waals surface area contributed by atoms with Gasteiger partial charge in [-0.1, -0.05) is 5.21 Å². The maximum atomic E-state index is 12.7. The molecule has 8 nitrogen and oxygen atoms in total. The van der Waals surface area contributed by atoms with Crippen molar-refractivity contribution in [2.24, 2.45) is 5.73 Å². The number of rotatable bonds is 3. The number of carbonyl (C=O) groups excluding carboxylic acids is 1. The molecule has 134 valence electrons. The molecule has 8 heteroatoms. The minimum absolute atomic E-state index is 0.0122. The molecule has 2 aromatic heterocycles. The van der Waals surface area contributed by atoms with Gasteiger partial charge in [0.05, 0.1) is 12.2 Å². The van der Waals surface area contributed by atoms with Gasteiger partial charge in [-0.2, -0.15) is 5.10 Å². The van der Waals surface area contributed by atoms with Gasteiger partial charge in [0.15, 0.2) is 5.69 Å². The van der Waals surface area contributed by atoms with E-state index in [1.807, 2.05) is 21.8 Å². The number of nitrogens with one attached hydrogen (secondary N) is 1. The van der Waals surface area contributed by atoms with Crippen LogP contribution < -0.4 is 5.73 Å². The molecule has 1 aliphatic heterocycles. The lowest BCUT2D eigenvalue weighted by Crippen LogP contribution is -2.38. The molecule has 3 heterocycles. The van der Waals surface area contributed by atoms with Gasteiger partial charge in [0.25, 0.3) is 5.91 Å². The Morgan fingerprint density at radius 2 is 1.92 bits per heavy atom. The van der Waals surface area contributed by atoms with Crippen LogP contribution in [-0.4, -0.2) is 55.1 Å². The lowest BCUT2D eigenvalue weighted by molar-refractivity contribution is 0.0706. The second-order valence-electron chi connectivity index (χ2n) is 7.23. The third-order valence-electron chi connectivity index (χ3n) is 5.59. The first kappa shape index (κ1) is 16.3. The van der Waals surface area contributed by atoms with Crippen molar-refractivity contribution in [2.75, 3.05) is 13.1 Å². The van der Waals surface area contributed by atoms with Crippen LogP contribution in [0.3, 0.4) is 0 Å². The third-order valence-corrected chi connectivity index (χ3v) is 5.59. The highest BCUT2D eigenvalue weighted by Crippen LogP contribution is 2.28. The maximum Gasteiger partial charge on any atom is 0.276 e. The Kier molecular flexibility index (Phi) is 4.52. The van der Waals surface area contributed by atoms with E-state index in [1.165, 1.54) is 0 Å². The number of hydrogen-bond donors (Lipinski definition) is 2. The van der Waals surface area contributed by atoms with Crippen molar-refractivity contribution >= 4 is 5.91 Å². The van der Waals surface area contributed by atoms with E-state index in [9.17, 15) is 4.79 Å². The van der Waals surface area contributed by atoms with Crippen LogP contribution in [0.1, 0.15) is 66.7 Å². The van der Waals surface area contributed by atoms with Gasteiger partial charge in [-0.15, -0.1) is 5.10 Å². The number of H-pyrrole nitrogens is 1. The zero-order chi connectivity index (χ0) is 17.2. The Balaban J connectivity index is 1.36. The minimum atomic E-state index is -0.0122. The van der Waals surface area contributed by atoms with Crippen molar-refractivity contribution in [1.82, 2.24) is 30.1 Å². The van der Waals surface area contributed by atoms with E-state index >= 15 is 0 Å². The highest BCUT2D eigenvalue weighted by Gasteiger charge is 2.28. The lowest BCUT2D eigenvalue weighted by Gasteiger charge is -2.30. The summed E-state index contributed by atoms with van der Waals surface area (Å²) < 4.78 is 1.86. The molecule has 2 aromatic rings. The van der Waals surface area contributed by atoms with Crippen molar-refractivity contribution in [1.29, 1.82) is 0 Å². The summed E-state index contributed by atoms with van der Waals surface area (Å²) in [4.78, 5) is 14.6. The summed E-state index contributed by atoms with van der Waals surface area (Å²) in [6.45, 7) is 1.49. The summed E-state index contributed by atoms with van der Waals surface area (Å²) in [5, 5.41) is 15.4. The average Bonchev–Trinajstić information content (AvgIpc) is 3.34. The number of nitrogens with zero attached hydrogens (tertiary/aromatic N) is 5. The number of nitrogens with two attached hydrogens (primary N) is 1. The van der Waals surface area contributed by atoms with Crippen LogP contribution in [0.4, 0.5) is 0 Å². The van der Waals surface area contributed by atoms with Crippen LogP contribution in [0, 0.1) is 0 Å². The van der Waals surface area contributed by atoms with Crippen LogP contribution in [0.25, 0.3) is 0 Å². The largest absolute Gasteiger partial charge is 0.337 e. The zero-order valence-corrected chi connectivity index (χ0v) is 14.3. The first-order chi connectivity index (χ1) is 12.2. The summed E-state index contributed by atoms with van der Waals surface area (Å²) in [6.07, 6.45) is 9.52. The SMILES string of the molecule is NC1CCC(n2cc(C(=O)N3CCC(c4ccn[nH]4)CC3)nn2)CC1. The Morgan fingerprint density at radius 1 is 1.16 bits per heavy atom. The first-order valence-corrected chi connectivity index (χ1v) is 9.16. The summed E-state index contributed by atoms with van der Waals surface area (Å²) in [6, 6.07) is 2.64. The molecule has 3 N–H and O–H groups in total. The van der Waals surface area contributed by atoms with Crippen molar-refractivity contribution < 1.29 is 4.79 Å². The summed E-state index contributed by atoms with van der Waals surface area (Å²) in [5.74, 6) is 0.440. The molecule has 25 heavy (non-hydrogen) atoms. The highest BCUT2D eigenvalue weighted by atomic mass is 16.2. The molecule has 1 amide bonds. The molecule has 1 saturated carbocycles. The number of likely N-dealkylation sites (tertiary alicyclic amines) is 1. The van der Waals surface area contributed by atoms with Gasteiger partial charge < -0.3 is 10.6 Å². The fourth-order valence-corrected chi connectivity index (χ4v) is 3.97. The standard InChI is InChI=1S/C17H25N7O/c18-13-1-3-14(4-2-13)24-11-16(21-22-24)17(25)23-9-6-12(7-10-23)15-5-8-19-20-15/h5,8,11-14H,1-4,6-7,9-10,18H2,(H,19,20). The molecule has 0 unspecified atom stereocenters. The van der Waals surface area contributed by atoms with Crippen molar-refractivity contribution in [2.45, 2.75) is 56.5 Å². The van der Waals surface area contributed by atoms with Crippen LogP contribution >= 0.6 is 0 Å². The Labute approximate surface area is 146 Å². The zero-order valence-electron chi connectivity index (χ0n) is 14.3. The monoisotopic (exact) mass is 343 g/mol. The predicted molar refractivity (Wildman–Crippen MR) is 92.0 cm³/mol. The van der Waals surface area contributed by atoms with Crippen molar-refractivity contribution in [3.8, 4) is 0 Å². The Morgan fingerprint density at radius 3 is 2.60 bits per heavy atom. The highest BCUT2D eigenvalue weighted by molar-refractivity contribution is 5.92. The Bertz CT molecular complexity index is 694. The Hall–Kier alpha value is -2.22. The van der Waals surface area contributed by atoms with Crippen LogP contribution in [0.5, 0.6) is 0 Å². The molecule has 1 saturated heterocycles. The maximum absolute atomic E-state index is 12.7. The normalized spacial score (nSPS) is 25.2. The smallest absolute Gasteiger partial charge is 0.276 e. The molecule has 0 atom stereocenters. The molecular weight excluding hydrogens is 318 g/mol. The van der Waals surface area contributed by atoms with E-state index < -0.39 is 0 Å². The van der Waals surface area contributed by atoms with E-state index in [0.717, 1.165) is 57.3 Å². The molecule has 4 rings (SSSR count). The van der Waals surface area contributed by atoms with Crippen molar-refractivity contribution in [3.63, 3.8) is 0 Å². The van der Waals surface area contributed by atoms with Crippen molar-refractivity contribution in [3.05, 3.63) is 29.8 Å². The first-order valence-electron chi connectivity index (χ1n) is 9.16. The number of amides is 1. The van der Waals surface area contributed by atoms with Gasteiger partial charge in [0.1, 0.15) is 0 Å². The molecule has 2 fully saturated rings. The average molecular weight is 343 g/mol. The molecule has 1 aliphatic carbocycles. The van der Waals surface area contributed by atoms with E-state index in [0.29, 0.717) is 23.7 Å². The predicted octanol–water partition coefficient (Wildman–Crippen LogP) is 1.46. The fourth-order valence-electron chi connectivity index (χ4n) is 3.97. The number of aromatic nitrogens is 5. The summed E-state index contributed by atoms with van der Waals surface area (Å²) in [7, 11) is 0. The van der Waals surface area contributed by atoms with E-state index in [2.05, 4.69) is 20.5 Å². The molecule has 0 bridgehead atoms.